The Morgan fingerprint density at radius 3 is 1.48 bits per heavy atom. The third kappa shape index (κ3) is 6.17. The molecule has 0 aromatic heterocycles. The predicted octanol–water partition coefficient (Wildman–Crippen LogP) is 3.87. The molecule has 1 heterocycles. The van der Waals surface area contributed by atoms with E-state index in [2.05, 4.69) is 0 Å². The second-order valence-electron chi connectivity index (χ2n) is 8.45. The van der Waals surface area contributed by atoms with Crippen LogP contribution in [0.5, 0.6) is 11.5 Å². The van der Waals surface area contributed by atoms with Crippen molar-refractivity contribution < 1.29 is 27.5 Å². The number of carbonyl (C=O) groups excluding carboxylic acids is 2. The zero-order valence-electron chi connectivity index (χ0n) is 18.3. The molecule has 0 radical (unpaired) electrons. The SMILES string of the molecule is Cc1ccc(OC(=O)C[C@H]2CS(=O)(=O)C[C@@H]2CC(=O)Oc2ccc(C)c(C)c2)cc1C. The fraction of sp³-hybridized carbons (Fsp3) is 0.417. The molecule has 0 N–H and O–H groups in total. The van der Waals surface area contributed by atoms with E-state index >= 15 is 0 Å². The van der Waals surface area contributed by atoms with Crippen molar-refractivity contribution in [3.63, 3.8) is 0 Å². The Balaban J connectivity index is 1.63. The van der Waals surface area contributed by atoms with Crippen LogP contribution >= 0.6 is 0 Å². The lowest BCUT2D eigenvalue weighted by Gasteiger charge is -2.17. The molecule has 1 fully saturated rings. The van der Waals surface area contributed by atoms with Crippen LogP contribution in [-0.4, -0.2) is 31.9 Å². The lowest BCUT2D eigenvalue weighted by Crippen LogP contribution is -2.23. The Morgan fingerprint density at radius 1 is 0.742 bits per heavy atom. The van der Waals surface area contributed by atoms with Crippen LogP contribution in [0.3, 0.4) is 0 Å². The molecule has 1 aliphatic heterocycles. The van der Waals surface area contributed by atoms with Crippen molar-refractivity contribution in [2.45, 2.75) is 40.5 Å². The lowest BCUT2D eigenvalue weighted by molar-refractivity contribution is -0.138. The van der Waals surface area contributed by atoms with Gasteiger partial charge in [0.15, 0.2) is 9.84 Å². The molecule has 2 atom stereocenters. The van der Waals surface area contributed by atoms with Crippen LogP contribution in [0.1, 0.15) is 35.1 Å². The van der Waals surface area contributed by atoms with Crippen LogP contribution in [0.2, 0.25) is 0 Å². The largest absolute Gasteiger partial charge is 0.427 e. The Bertz CT molecular complexity index is 1020. The average Bonchev–Trinajstić information content (AvgIpc) is 2.94. The minimum absolute atomic E-state index is 0.0618. The normalized spacial score (nSPS) is 19.7. The van der Waals surface area contributed by atoms with Crippen molar-refractivity contribution in [1.82, 2.24) is 0 Å². The summed E-state index contributed by atoms with van der Waals surface area (Å²) in [4.78, 5) is 24.9. The van der Waals surface area contributed by atoms with Gasteiger partial charge in [0.1, 0.15) is 11.5 Å². The molecule has 3 rings (SSSR count). The van der Waals surface area contributed by atoms with Gasteiger partial charge in [0, 0.05) is 0 Å². The molecule has 1 aliphatic rings. The summed E-state index contributed by atoms with van der Waals surface area (Å²) in [6.45, 7) is 7.78. The maximum absolute atomic E-state index is 12.4. The maximum atomic E-state index is 12.4. The van der Waals surface area contributed by atoms with Gasteiger partial charge in [-0.05, 0) is 86.1 Å². The average molecular weight is 445 g/mol. The molecule has 1 saturated heterocycles. The quantitative estimate of drug-likeness (QED) is 0.497. The number of ether oxygens (including phenoxy) is 2. The lowest BCUT2D eigenvalue weighted by atomic mass is 9.90. The Kier molecular flexibility index (Phi) is 6.84. The van der Waals surface area contributed by atoms with Crippen LogP contribution in [0.25, 0.3) is 0 Å². The molecular formula is C24H28O6S. The van der Waals surface area contributed by atoms with Crippen LogP contribution < -0.4 is 9.47 Å². The van der Waals surface area contributed by atoms with Crippen LogP contribution in [0.15, 0.2) is 36.4 Å². The van der Waals surface area contributed by atoms with Gasteiger partial charge in [0.25, 0.3) is 0 Å². The molecule has 6 nitrogen and oxygen atoms in total. The first-order valence-corrected chi connectivity index (χ1v) is 12.1. The van der Waals surface area contributed by atoms with Crippen molar-refractivity contribution in [3.8, 4) is 11.5 Å². The van der Waals surface area contributed by atoms with E-state index in [4.69, 9.17) is 9.47 Å². The standard InChI is InChI=1S/C24H28O6S/c1-15-5-7-21(9-17(15)3)29-23(25)11-19-13-31(27,28)14-20(19)12-24(26)30-22-8-6-16(2)18(4)10-22/h5-10,19-20H,11-14H2,1-4H3/t19-,20-/m0/s1. The molecule has 31 heavy (non-hydrogen) atoms. The van der Waals surface area contributed by atoms with Gasteiger partial charge in [-0.2, -0.15) is 0 Å². The number of benzene rings is 2. The molecule has 7 heteroatoms. The van der Waals surface area contributed by atoms with Crippen LogP contribution in [0.4, 0.5) is 0 Å². The summed E-state index contributed by atoms with van der Waals surface area (Å²) in [6, 6.07) is 10.7. The molecule has 0 unspecified atom stereocenters. The number of hydrogen-bond donors (Lipinski definition) is 0. The van der Waals surface area contributed by atoms with E-state index < -0.39 is 33.6 Å². The van der Waals surface area contributed by atoms with Gasteiger partial charge < -0.3 is 9.47 Å². The van der Waals surface area contributed by atoms with Crippen LogP contribution in [0, 0.1) is 39.5 Å². The molecule has 166 valence electrons. The second kappa shape index (κ2) is 9.22. The van der Waals surface area contributed by atoms with Crippen molar-refractivity contribution in [2.75, 3.05) is 11.5 Å². The number of carbonyl (C=O) groups is 2. The summed E-state index contributed by atoms with van der Waals surface area (Å²) in [6.07, 6.45) is -0.124. The summed E-state index contributed by atoms with van der Waals surface area (Å²) in [5, 5.41) is 0. The first-order valence-electron chi connectivity index (χ1n) is 10.3. The Hall–Kier alpha value is -2.67. The predicted molar refractivity (Wildman–Crippen MR) is 118 cm³/mol. The number of hydrogen-bond acceptors (Lipinski definition) is 6. The first kappa shape index (κ1) is 23.0. The zero-order chi connectivity index (χ0) is 22.8. The zero-order valence-corrected chi connectivity index (χ0v) is 19.1. The third-order valence-electron chi connectivity index (χ3n) is 5.88. The number of rotatable bonds is 6. The van der Waals surface area contributed by atoms with Gasteiger partial charge in [-0.3, -0.25) is 9.59 Å². The molecule has 0 spiro atoms. The van der Waals surface area contributed by atoms with E-state index in [0.29, 0.717) is 11.5 Å². The van der Waals surface area contributed by atoms with Crippen molar-refractivity contribution >= 4 is 21.8 Å². The highest BCUT2D eigenvalue weighted by molar-refractivity contribution is 7.91. The van der Waals surface area contributed by atoms with Gasteiger partial charge in [-0.15, -0.1) is 0 Å². The van der Waals surface area contributed by atoms with E-state index in [0.717, 1.165) is 22.3 Å². The van der Waals surface area contributed by atoms with E-state index in [9.17, 15) is 18.0 Å². The second-order valence-corrected chi connectivity index (χ2v) is 10.6. The number of esters is 2. The van der Waals surface area contributed by atoms with E-state index in [1.54, 1.807) is 24.3 Å². The van der Waals surface area contributed by atoms with Gasteiger partial charge in [0.2, 0.25) is 0 Å². The fourth-order valence-electron chi connectivity index (χ4n) is 3.77. The fourth-order valence-corrected chi connectivity index (χ4v) is 5.99. The summed E-state index contributed by atoms with van der Waals surface area (Å²) in [5.41, 5.74) is 4.18. The summed E-state index contributed by atoms with van der Waals surface area (Å²) >= 11 is 0. The highest BCUT2D eigenvalue weighted by Gasteiger charge is 2.40. The molecule has 0 aliphatic carbocycles. The van der Waals surface area contributed by atoms with E-state index in [1.165, 1.54) is 0 Å². The molecule has 2 aromatic rings. The summed E-state index contributed by atoms with van der Waals surface area (Å²) in [7, 11) is -3.32. The number of sulfone groups is 1. The minimum atomic E-state index is -3.32. The Labute approximate surface area is 183 Å². The van der Waals surface area contributed by atoms with Gasteiger partial charge >= 0.3 is 11.9 Å². The third-order valence-corrected chi connectivity index (χ3v) is 7.75. The van der Waals surface area contributed by atoms with Crippen molar-refractivity contribution in [1.29, 1.82) is 0 Å². The minimum Gasteiger partial charge on any atom is -0.427 e. The maximum Gasteiger partial charge on any atom is 0.311 e. The van der Waals surface area contributed by atoms with Gasteiger partial charge in [-0.1, -0.05) is 12.1 Å². The summed E-state index contributed by atoms with van der Waals surface area (Å²) < 4.78 is 35.2. The molecule has 0 saturated carbocycles. The highest BCUT2D eigenvalue weighted by atomic mass is 32.2. The molecule has 2 aromatic carbocycles. The monoisotopic (exact) mass is 444 g/mol. The topological polar surface area (TPSA) is 86.7 Å². The van der Waals surface area contributed by atoms with Gasteiger partial charge in [0.05, 0.1) is 24.3 Å². The molecule has 0 amide bonds. The first-order chi connectivity index (χ1) is 14.5. The van der Waals surface area contributed by atoms with E-state index in [1.807, 2.05) is 39.8 Å². The molecule has 0 bridgehead atoms. The summed E-state index contributed by atoms with van der Waals surface area (Å²) in [5.74, 6) is -1.35. The number of aryl methyl sites for hydroxylation is 4. The van der Waals surface area contributed by atoms with Crippen molar-refractivity contribution in [3.05, 3.63) is 58.7 Å². The van der Waals surface area contributed by atoms with Crippen LogP contribution in [-0.2, 0) is 19.4 Å². The molecular weight excluding hydrogens is 416 g/mol. The van der Waals surface area contributed by atoms with Gasteiger partial charge in [-0.25, -0.2) is 8.42 Å². The highest BCUT2D eigenvalue weighted by Crippen LogP contribution is 2.32. The van der Waals surface area contributed by atoms with Crippen molar-refractivity contribution in [2.24, 2.45) is 11.8 Å². The smallest absolute Gasteiger partial charge is 0.311 e. The Morgan fingerprint density at radius 2 is 1.13 bits per heavy atom. The van der Waals surface area contributed by atoms with E-state index in [-0.39, 0.29) is 24.3 Å².